The Hall–Kier alpha value is -0.650. The van der Waals surface area contributed by atoms with Gasteiger partial charge in [0.1, 0.15) is 0 Å². The minimum absolute atomic E-state index is 0.0924. The van der Waals surface area contributed by atoms with Crippen molar-refractivity contribution in [2.45, 2.75) is 69.5 Å². The van der Waals surface area contributed by atoms with E-state index >= 15 is 0 Å². The maximum Gasteiger partial charge on any atom is 0.228 e. The Bertz CT molecular complexity index is 471. The molecule has 0 aromatic carbocycles. The number of piperidine rings is 1. The van der Waals surface area contributed by atoms with Crippen molar-refractivity contribution in [2.24, 2.45) is 5.41 Å². The average Bonchev–Trinajstić information content (AvgIpc) is 2.82. The fourth-order valence-electron chi connectivity index (χ4n) is 5.78. The number of hydrogen-bond donors (Lipinski definition) is 0. The molecule has 4 aliphatic rings. The highest BCUT2D eigenvalue weighted by atomic mass is 16.5. The standard InChI is InChI=1S/C20H35N3O2/c1-21-16-4-5-17(21)15-18(14-16)22-9-11-23(12-10-22)19(24)20(6-3-7-20)8-13-25-2/h16-18H,3-15H2,1-2H3/t16-,17+,18?. The van der Waals surface area contributed by atoms with Crippen LogP contribution in [0.1, 0.15) is 51.4 Å². The van der Waals surface area contributed by atoms with E-state index in [2.05, 4.69) is 21.7 Å². The number of carbonyl (C=O) groups is 1. The molecule has 5 nitrogen and oxygen atoms in total. The Kier molecular flexibility index (Phi) is 5.09. The summed E-state index contributed by atoms with van der Waals surface area (Å²) in [7, 11) is 4.05. The number of carbonyl (C=O) groups excluding carboxylic acids is 1. The Morgan fingerprint density at radius 3 is 2.20 bits per heavy atom. The number of piperazine rings is 1. The van der Waals surface area contributed by atoms with E-state index in [9.17, 15) is 4.79 Å². The molecular formula is C20H35N3O2. The van der Waals surface area contributed by atoms with Crippen LogP contribution < -0.4 is 0 Å². The van der Waals surface area contributed by atoms with Crippen LogP contribution in [0.15, 0.2) is 0 Å². The lowest BCUT2D eigenvalue weighted by atomic mass is 9.65. The van der Waals surface area contributed by atoms with Crippen molar-refractivity contribution in [1.29, 1.82) is 0 Å². The van der Waals surface area contributed by atoms with E-state index in [1.807, 2.05) is 0 Å². The van der Waals surface area contributed by atoms with Crippen LogP contribution in [0, 0.1) is 5.41 Å². The van der Waals surface area contributed by atoms with E-state index in [1.165, 1.54) is 32.1 Å². The summed E-state index contributed by atoms with van der Waals surface area (Å²) in [5.74, 6) is 0.416. The first kappa shape index (κ1) is 17.7. The van der Waals surface area contributed by atoms with Gasteiger partial charge < -0.3 is 14.5 Å². The van der Waals surface area contributed by atoms with Gasteiger partial charge >= 0.3 is 0 Å². The third kappa shape index (κ3) is 3.24. The van der Waals surface area contributed by atoms with Crippen LogP contribution >= 0.6 is 0 Å². The average molecular weight is 350 g/mol. The SMILES string of the molecule is COCCC1(C(=O)N2CCN(C3C[C@H]4CC[C@@H](C3)N4C)CC2)CCC1. The zero-order valence-electron chi connectivity index (χ0n) is 16.1. The molecular weight excluding hydrogens is 314 g/mol. The molecule has 3 aliphatic heterocycles. The lowest BCUT2D eigenvalue weighted by molar-refractivity contribution is -0.151. The third-order valence-electron chi connectivity index (χ3n) is 7.74. The van der Waals surface area contributed by atoms with Gasteiger partial charge in [0.15, 0.2) is 0 Å². The van der Waals surface area contributed by atoms with Crippen molar-refractivity contribution in [2.75, 3.05) is 46.9 Å². The molecule has 0 aromatic rings. The van der Waals surface area contributed by atoms with Gasteiger partial charge in [-0.15, -0.1) is 0 Å². The summed E-state index contributed by atoms with van der Waals surface area (Å²) in [5, 5.41) is 0. The second-order valence-electron chi connectivity index (χ2n) is 8.88. The van der Waals surface area contributed by atoms with Gasteiger partial charge in [-0.25, -0.2) is 0 Å². The molecule has 3 heterocycles. The van der Waals surface area contributed by atoms with E-state index in [4.69, 9.17) is 4.74 Å². The molecule has 0 N–H and O–H groups in total. The van der Waals surface area contributed by atoms with Gasteiger partial charge in [-0.2, -0.15) is 0 Å². The van der Waals surface area contributed by atoms with Crippen molar-refractivity contribution in [3.05, 3.63) is 0 Å². The van der Waals surface area contributed by atoms with Crippen molar-refractivity contribution >= 4 is 5.91 Å². The van der Waals surface area contributed by atoms with Crippen molar-refractivity contribution in [1.82, 2.24) is 14.7 Å². The summed E-state index contributed by atoms with van der Waals surface area (Å²) < 4.78 is 5.26. The predicted molar refractivity (Wildman–Crippen MR) is 98.5 cm³/mol. The summed E-state index contributed by atoms with van der Waals surface area (Å²) in [6, 6.07) is 2.35. The molecule has 142 valence electrons. The largest absolute Gasteiger partial charge is 0.385 e. The quantitative estimate of drug-likeness (QED) is 0.760. The minimum atomic E-state index is -0.0924. The summed E-state index contributed by atoms with van der Waals surface area (Å²) in [6.07, 6.45) is 9.67. The number of ether oxygens (including phenoxy) is 1. The number of nitrogens with zero attached hydrogens (tertiary/aromatic N) is 3. The Morgan fingerprint density at radius 1 is 1.04 bits per heavy atom. The zero-order chi connectivity index (χ0) is 17.4. The smallest absolute Gasteiger partial charge is 0.228 e. The van der Waals surface area contributed by atoms with E-state index < -0.39 is 0 Å². The van der Waals surface area contributed by atoms with Crippen LogP contribution in [0.5, 0.6) is 0 Å². The van der Waals surface area contributed by atoms with Crippen LogP contribution in [0.4, 0.5) is 0 Å². The Balaban J connectivity index is 1.30. The second-order valence-corrected chi connectivity index (χ2v) is 8.88. The predicted octanol–water partition coefficient (Wildman–Crippen LogP) is 1.96. The van der Waals surface area contributed by atoms with Crippen molar-refractivity contribution in [3.63, 3.8) is 0 Å². The monoisotopic (exact) mass is 349 g/mol. The third-order valence-corrected chi connectivity index (χ3v) is 7.74. The van der Waals surface area contributed by atoms with E-state index in [0.29, 0.717) is 12.5 Å². The summed E-state index contributed by atoms with van der Waals surface area (Å²) in [5.41, 5.74) is -0.0924. The number of amides is 1. The normalized spacial score (nSPS) is 35.6. The zero-order valence-corrected chi connectivity index (χ0v) is 16.1. The summed E-state index contributed by atoms with van der Waals surface area (Å²) >= 11 is 0. The minimum Gasteiger partial charge on any atom is -0.385 e. The van der Waals surface area contributed by atoms with Gasteiger partial charge in [0.05, 0.1) is 5.41 Å². The Labute approximate surface area is 152 Å². The lowest BCUT2D eigenvalue weighted by Gasteiger charge is -2.48. The first-order valence-electron chi connectivity index (χ1n) is 10.4. The molecule has 25 heavy (non-hydrogen) atoms. The van der Waals surface area contributed by atoms with Crippen molar-refractivity contribution in [3.8, 4) is 0 Å². The van der Waals surface area contributed by atoms with Crippen LogP contribution in [0.3, 0.4) is 0 Å². The van der Waals surface area contributed by atoms with Crippen LogP contribution in [-0.4, -0.2) is 85.7 Å². The molecule has 1 saturated carbocycles. The molecule has 5 heteroatoms. The van der Waals surface area contributed by atoms with E-state index in [0.717, 1.165) is 63.6 Å². The van der Waals surface area contributed by atoms with Gasteiger partial charge in [0, 0.05) is 58.0 Å². The Morgan fingerprint density at radius 2 is 1.68 bits per heavy atom. The second kappa shape index (κ2) is 7.16. The van der Waals surface area contributed by atoms with Gasteiger partial charge in [-0.1, -0.05) is 6.42 Å². The highest BCUT2D eigenvalue weighted by Gasteiger charge is 2.47. The van der Waals surface area contributed by atoms with Crippen LogP contribution in [-0.2, 0) is 9.53 Å². The molecule has 3 saturated heterocycles. The molecule has 1 aliphatic carbocycles. The molecule has 0 spiro atoms. The molecule has 3 atom stereocenters. The fourth-order valence-corrected chi connectivity index (χ4v) is 5.78. The summed E-state index contributed by atoms with van der Waals surface area (Å²) in [4.78, 5) is 20.6. The number of methoxy groups -OCH3 is 1. The maximum absolute atomic E-state index is 13.1. The first-order valence-corrected chi connectivity index (χ1v) is 10.4. The van der Waals surface area contributed by atoms with Crippen LogP contribution in [0.25, 0.3) is 0 Å². The molecule has 4 rings (SSSR count). The van der Waals surface area contributed by atoms with E-state index in [1.54, 1.807) is 7.11 Å². The lowest BCUT2D eigenvalue weighted by Crippen LogP contribution is -2.58. The fraction of sp³-hybridized carbons (Fsp3) is 0.950. The molecule has 2 bridgehead atoms. The van der Waals surface area contributed by atoms with Gasteiger partial charge in [0.25, 0.3) is 0 Å². The molecule has 0 radical (unpaired) electrons. The number of hydrogen-bond acceptors (Lipinski definition) is 4. The molecule has 1 unspecified atom stereocenters. The number of rotatable bonds is 5. The van der Waals surface area contributed by atoms with Gasteiger partial charge in [0.2, 0.25) is 5.91 Å². The van der Waals surface area contributed by atoms with Crippen molar-refractivity contribution < 1.29 is 9.53 Å². The molecule has 0 aromatic heterocycles. The topological polar surface area (TPSA) is 36.0 Å². The molecule has 1 amide bonds. The highest BCUT2D eigenvalue weighted by Crippen LogP contribution is 2.45. The van der Waals surface area contributed by atoms with Gasteiger partial charge in [-0.3, -0.25) is 9.69 Å². The first-order chi connectivity index (χ1) is 12.1. The molecule has 4 fully saturated rings. The van der Waals surface area contributed by atoms with E-state index in [-0.39, 0.29) is 5.41 Å². The van der Waals surface area contributed by atoms with Gasteiger partial charge in [-0.05, 0) is 52.0 Å². The summed E-state index contributed by atoms with van der Waals surface area (Å²) in [6.45, 7) is 4.70. The highest BCUT2D eigenvalue weighted by molar-refractivity contribution is 5.83. The van der Waals surface area contributed by atoms with Crippen LogP contribution in [0.2, 0.25) is 0 Å². The maximum atomic E-state index is 13.1. The number of fused-ring (bicyclic) bond motifs is 2.